The van der Waals surface area contributed by atoms with E-state index in [0.717, 1.165) is 11.3 Å². The number of nitrogens with zero attached hydrogens (tertiary/aromatic N) is 1. The lowest BCUT2D eigenvalue weighted by Gasteiger charge is -2.01. The number of aliphatic imine (C=N–C) groups is 1. The molecule has 0 heterocycles. The van der Waals surface area contributed by atoms with Crippen LogP contribution in [0.25, 0.3) is 0 Å². The average molecular weight is 304 g/mol. The number of rotatable bonds is 2. The Kier molecular flexibility index (Phi) is 3.82. The minimum absolute atomic E-state index is 0.235. The molecule has 3 heteroatoms. The normalized spacial score (nSPS) is 11.1. The molecule has 0 aromatic heterocycles. The fourth-order valence-corrected chi connectivity index (χ4v) is 1.95. The van der Waals surface area contributed by atoms with Crippen molar-refractivity contribution in [3.05, 3.63) is 57.6 Å². The van der Waals surface area contributed by atoms with Gasteiger partial charge in [-0.25, -0.2) is 0 Å². The molecule has 0 aliphatic rings. The standard InChI is InChI=1S/C15H14BrNO/c1-10-3-5-13(7-11(10)2)17-9-12-4-6-15(18)14(16)8-12/h3-9,18H,1-2H3. The number of phenols is 1. The van der Waals surface area contributed by atoms with Crippen molar-refractivity contribution in [1.82, 2.24) is 0 Å². The minimum atomic E-state index is 0.235. The van der Waals surface area contributed by atoms with Crippen LogP contribution in [0.1, 0.15) is 16.7 Å². The first-order valence-corrected chi connectivity index (χ1v) is 6.45. The largest absolute Gasteiger partial charge is 0.507 e. The summed E-state index contributed by atoms with van der Waals surface area (Å²) < 4.78 is 0.673. The molecule has 0 bridgehead atoms. The molecular formula is C15H14BrNO. The maximum absolute atomic E-state index is 9.40. The van der Waals surface area contributed by atoms with Gasteiger partial charge >= 0.3 is 0 Å². The van der Waals surface area contributed by atoms with Gasteiger partial charge in [-0.1, -0.05) is 6.07 Å². The van der Waals surface area contributed by atoms with Crippen molar-refractivity contribution in [3.63, 3.8) is 0 Å². The van der Waals surface area contributed by atoms with Crippen LogP contribution in [0.4, 0.5) is 5.69 Å². The van der Waals surface area contributed by atoms with Gasteiger partial charge in [0.1, 0.15) is 5.75 Å². The molecule has 0 amide bonds. The van der Waals surface area contributed by atoms with Crippen LogP contribution in [-0.4, -0.2) is 11.3 Å². The second kappa shape index (κ2) is 5.36. The molecule has 0 atom stereocenters. The smallest absolute Gasteiger partial charge is 0.129 e. The van der Waals surface area contributed by atoms with E-state index in [4.69, 9.17) is 0 Å². The summed E-state index contributed by atoms with van der Waals surface area (Å²) in [5, 5.41) is 9.40. The number of phenolic OH excluding ortho intramolecular Hbond substituents is 1. The Balaban J connectivity index is 2.24. The summed E-state index contributed by atoms with van der Waals surface area (Å²) in [6, 6.07) is 11.4. The third-order valence-corrected chi connectivity index (χ3v) is 3.46. The molecular weight excluding hydrogens is 290 g/mol. The third-order valence-electron chi connectivity index (χ3n) is 2.82. The number of hydrogen-bond donors (Lipinski definition) is 1. The molecule has 0 saturated carbocycles. The summed E-state index contributed by atoms with van der Waals surface area (Å²) in [5.74, 6) is 0.235. The number of aryl methyl sites for hydroxylation is 2. The molecule has 0 spiro atoms. The summed E-state index contributed by atoms with van der Waals surface area (Å²) in [6.45, 7) is 4.16. The van der Waals surface area contributed by atoms with Crippen molar-refractivity contribution in [2.45, 2.75) is 13.8 Å². The fraction of sp³-hybridized carbons (Fsp3) is 0.133. The second-order valence-electron chi connectivity index (χ2n) is 4.24. The Labute approximate surface area is 115 Å². The highest BCUT2D eigenvalue weighted by molar-refractivity contribution is 9.10. The van der Waals surface area contributed by atoms with Gasteiger partial charge in [-0.05, 0) is 76.8 Å². The van der Waals surface area contributed by atoms with Gasteiger partial charge in [-0.15, -0.1) is 0 Å². The van der Waals surface area contributed by atoms with Crippen molar-refractivity contribution in [3.8, 4) is 5.75 Å². The maximum Gasteiger partial charge on any atom is 0.129 e. The summed E-state index contributed by atoms with van der Waals surface area (Å²) >= 11 is 3.28. The van der Waals surface area contributed by atoms with E-state index in [9.17, 15) is 5.11 Å². The summed E-state index contributed by atoms with van der Waals surface area (Å²) in [4.78, 5) is 4.42. The van der Waals surface area contributed by atoms with Gasteiger partial charge in [0.15, 0.2) is 0 Å². The molecule has 92 valence electrons. The van der Waals surface area contributed by atoms with Crippen LogP contribution in [0.3, 0.4) is 0 Å². The number of aromatic hydroxyl groups is 1. The summed E-state index contributed by atoms with van der Waals surface area (Å²) in [7, 11) is 0. The van der Waals surface area contributed by atoms with Crippen LogP contribution >= 0.6 is 15.9 Å². The van der Waals surface area contributed by atoms with Gasteiger partial charge in [0.05, 0.1) is 10.2 Å². The van der Waals surface area contributed by atoms with Crippen molar-refractivity contribution in [2.75, 3.05) is 0 Å². The van der Waals surface area contributed by atoms with Gasteiger partial charge in [0.25, 0.3) is 0 Å². The maximum atomic E-state index is 9.40. The van der Waals surface area contributed by atoms with Crippen molar-refractivity contribution in [2.24, 2.45) is 4.99 Å². The third kappa shape index (κ3) is 2.99. The predicted octanol–water partition coefficient (Wildman–Crippen LogP) is 4.52. The molecule has 0 fully saturated rings. The van der Waals surface area contributed by atoms with Crippen molar-refractivity contribution >= 4 is 27.8 Å². The SMILES string of the molecule is Cc1ccc(N=Cc2ccc(O)c(Br)c2)cc1C. The first-order chi connectivity index (χ1) is 8.56. The van der Waals surface area contributed by atoms with Crippen LogP contribution < -0.4 is 0 Å². The van der Waals surface area contributed by atoms with Crippen molar-refractivity contribution in [1.29, 1.82) is 0 Å². The van der Waals surface area contributed by atoms with E-state index in [1.54, 1.807) is 12.3 Å². The first-order valence-electron chi connectivity index (χ1n) is 5.66. The molecule has 18 heavy (non-hydrogen) atoms. The second-order valence-corrected chi connectivity index (χ2v) is 5.09. The fourth-order valence-electron chi connectivity index (χ4n) is 1.56. The average Bonchev–Trinajstić information content (AvgIpc) is 2.35. The van der Waals surface area contributed by atoms with Crippen molar-refractivity contribution < 1.29 is 5.11 Å². The molecule has 0 aliphatic carbocycles. The molecule has 0 unspecified atom stereocenters. The first kappa shape index (κ1) is 12.8. The lowest BCUT2D eigenvalue weighted by Crippen LogP contribution is -1.82. The Hall–Kier alpha value is -1.61. The topological polar surface area (TPSA) is 32.6 Å². The molecule has 0 radical (unpaired) electrons. The van der Waals surface area contributed by atoms with E-state index in [1.165, 1.54) is 11.1 Å². The molecule has 0 saturated heterocycles. The van der Waals surface area contributed by atoms with E-state index >= 15 is 0 Å². The summed E-state index contributed by atoms with van der Waals surface area (Å²) in [5.41, 5.74) is 4.37. The lowest BCUT2D eigenvalue weighted by atomic mass is 10.1. The van der Waals surface area contributed by atoms with Gasteiger partial charge in [0.2, 0.25) is 0 Å². The lowest BCUT2D eigenvalue weighted by molar-refractivity contribution is 0.472. The highest BCUT2D eigenvalue weighted by Crippen LogP contribution is 2.24. The molecule has 2 aromatic carbocycles. The van der Waals surface area contributed by atoms with Gasteiger partial charge in [0, 0.05) is 6.21 Å². The van der Waals surface area contributed by atoms with E-state index in [0.29, 0.717) is 4.47 Å². The van der Waals surface area contributed by atoms with Gasteiger partial charge in [-0.2, -0.15) is 0 Å². The summed E-state index contributed by atoms with van der Waals surface area (Å²) in [6.07, 6.45) is 1.79. The Morgan fingerprint density at radius 2 is 1.83 bits per heavy atom. The monoisotopic (exact) mass is 303 g/mol. The van der Waals surface area contributed by atoms with Crippen LogP contribution in [-0.2, 0) is 0 Å². The minimum Gasteiger partial charge on any atom is -0.507 e. The molecule has 1 N–H and O–H groups in total. The van der Waals surface area contributed by atoms with E-state index < -0.39 is 0 Å². The quantitative estimate of drug-likeness (QED) is 0.813. The zero-order valence-electron chi connectivity index (χ0n) is 10.3. The number of benzene rings is 2. The van der Waals surface area contributed by atoms with E-state index in [-0.39, 0.29) is 5.75 Å². The van der Waals surface area contributed by atoms with Gasteiger partial charge in [-0.3, -0.25) is 4.99 Å². The highest BCUT2D eigenvalue weighted by Gasteiger charge is 1.98. The molecule has 2 aromatic rings. The zero-order chi connectivity index (χ0) is 13.1. The Bertz CT molecular complexity index is 552. The van der Waals surface area contributed by atoms with E-state index in [1.807, 2.05) is 18.2 Å². The van der Waals surface area contributed by atoms with Crippen LogP contribution in [0.15, 0.2) is 45.9 Å². The Morgan fingerprint density at radius 3 is 2.50 bits per heavy atom. The molecule has 2 rings (SSSR count). The van der Waals surface area contributed by atoms with Crippen LogP contribution in [0, 0.1) is 13.8 Å². The number of hydrogen-bond acceptors (Lipinski definition) is 2. The Morgan fingerprint density at radius 1 is 1.06 bits per heavy atom. The van der Waals surface area contributed by atoms with E-state index in [2.05, 4.69) is 46.9 Å². The van der Waals surface area contributed by atoms with Crippen LogP contribution in [0.2, 0.25) is 0 Å². The molecule has 0 aliphatic heterocycles. The number of halogens is 1. The molecule has 2 nitrogen and oxygen atoms in total. The predicted molar refractivity (Wildman–Crippen MR) is 79.0 cm³/mol. The van der Waals surface area contributed by atoms with Crippen LogP contribution in [0.5, 0.6) is 5.75 Å². The highest BCUT2D eigenvalue weighted by atomic mass is 79.9. The van der Waals surface area contributed by atoms with Gasteiger partial charge < -0.3 is 5.11 Å². The zero-order valence-corrected chi connectivity index (χ0v) is 11.9.